The normalized spacial score (nSPS) is 18.0. The summed E-state index contributed by atoms with van der Waals surface area (Å²) in [5, 5.41) is 9.93. The molecule has 1 amide bonds. The Balaban J connectivity index is 1.46. The molecular formula is C29H30N2O5. The molecule has 0 saturated heterocycles. The molecule has 186 valence electrons. The number of hydrogen-bond donors (Lipinski definition) is 1. The van der Waals surface area contributed by atoms with Crippen molar-refractivity contribution in [2.75, 3.05) is 4.90 Å². The maximum absolute atomic E-state index is 13.5. The lowest BCUT2D eigenvalue weighted by Crippen LogP contribution is -2.42. The molecule has 0 radical (unpaired) electrons. The zero-order valence-electron chi connectivity index (χ0n) is 20.7. The number of carboxylic acid groups (broad SMARTS) is 1. The molecule has 0 aliphatic heterocycles. The van der Waals surface area contributed by atoms with Crippen molar-refractivity contribution >= 4 is 28.9 Å². The number of para-hydroxylation sites is 2. The van der Waals surface area contributed by atoms with Crippen molar-refractivity contribution in [3.05, 3.63) is 60.2 Å². The number of hydrogen-bond acceptors (Lipinski definition) is 5. The summed E-state index contributed by atoms with van der Waals surface area (Å²) in [7, 11) is 0. The SMILES string of the molecule is CC(C)N(c1oc(-c2ccc(-c3nc4ccccc4o3)cc2)cc1C(=O)O)C(=O)[C@H]1CC[C@H](C)CC1. The average Bonchev–Trinajstić information content (AvgIpc) is 3.49. The topological polar surface area (TPSA) is 96.8 Å². The van der Waals surface area contributed by atoms with E-state index in [0.29, 0.717) is 28.7 Å². The molecule has 1 fully saturated rings. The highest BCUT2D eigenvalue weighted by Gasteiger charge is 2.34. The molecule has 7 heteroatoms. The lowest BCUT2D eigenvalue weighted by molar-refractivity contribution is -0.124. The van der Waals surface area contributed by atoms with E-state index in [1.807, 2.05) is 62.4 Å². The molecule has 4 aromatic rings. The van der Waals surface area contributed by atoms with Gasteiger partial charge in [-0.3, -0.25) is 9.69 Å². The first-order chi connectivity index (χ1) is 17.3. The average molecular weight is 487 g/mol. The summed E-state index contributed by atoms with van der Waals surface area (Å²) >= 11 is 0. The summed E-state index contributed by atoms with van der Waals surface area (Å²) in [6.07, 6.45) is 3.64. The Bertz CT molecular complexity index is 1360. The maximum Gasteiger partial charge on any atom is 0.341 e. The fourth-order valence-electron chi connectivity index (χ4n) is 4.92. The smallest absolute Gasteiger partial charge is 0.341 e. The van der Waals surface area contributed by atoms with Gasteiger partial charge in [0, 0.05) is 29.2 Å². The molecular weight excluding hydrogens is 456 g/mol. The van der Waals surface area contributed by atoms with Gasteiger partial charge in [-0.25, -0.2) is 9.78 Å². The lowest BCUT2D eigenvalue weighted by atomic mass is 9.82. The Morgan fingerprint density at radius 3 is 2.28 bits per heavy atom. The fraction of sp³-hybridized carbons (Fsp3) is 0.345. The number of nitrogens with zero attached hydrogens (tertiary/aromatic N) is 2. The molecule has 7 nitrogen and oxygen atoms in total. The van der Waals surface area contributed by atoms with E-state index in [9.17, 15) is 14.7 Å². The summed E-state index contributed by atoms with van der Waals surface area (Å²) in [5.74, 6) is 0.303. The number of oxazole rings is 1. The summed E-state index contributed by atoms with van der Waals surface area (Å²) in [5.41, 5.74) is 2.98. The minimum Gasteiger partial charge on any atom is -0.477 e. The molecule has 36 heavy (non-hydrogen) atoms. The fourth-order valence-corrected chi connectivity index (χ4v) is 4.92. The third kappa shape index (κ3) is 4.53. The molecule has 0 atom stereocenters. The number of amides is 1. The quantitative estimate of drug-likeness (QED) is 0.314. The molecule has 0 unspecified atom stereocenters. The van der Waals surface area contributed by atoms with Crippen LogP contribution in [0.25, 0.3) is 33.9 Å². The zero-order chi connectivity index (χ0) is 25.4. The summed E-state index contributed by atoms with van der Waals surface area (Å²) < 4.78 is 11.9. The van der Waals surface area contributed by atoms with Crippen LogP contribution in [0.4, 0.5) is 5.88 Å². The number of benzene rings is 2. The first-order valence-electron chi connectivity index (χ1n) is 12.5. The van der Waals surface area contributed by atoms with Crippen LogP contribution in [0, 0.1) is 11.8 Å². The van der Waals surface area contributed by atoms with Crippen LogP contribution in [0.3, 0.4) is 0 Å². The van der Waals surface area contributed by atoms with E-state index in [2.05, 4.69) is 11.9 Å². The van der Waals surface area contributed by atoms with Crippen molar-refractivity contribution in [3.63, 3.8) is 0 Å². The van der Waals surface area contributed by atoms with Gasteiger partial charge in [-0.15, -0.1) is 0 Å². The van der Waals surface area contributed by atoms with Gasteiger partial charge in [0.2, 0.25) is 17.7 Å². The molecule has 0 spiro atoms. The Morgan fingerprint density at radius 1 is 0.972 bits per heavy atom. The number of carbonyl (C=O) groups excluding carboxylic acids is 1. The van der Waals surface area contributed by atoms with Crippen LogP contribution in [-0.4, -0.2) is 28.0 Å². The highest BCUT2D eigenvalue weighted by Crippen LogP contribution is 2.37. The van der Waals surface area contributed by atoms with Crippen LogP contribution < -0.4 is 4.90 Å². The van der Waals surface area contributed by atoms with Gasteiger partial charge in [0.25, 0.3) is 0 Å². The van der Waals surface area contributed by atoms with Gasteiger partial charge in [0.15, 0.2) is 5.58 Å². The number of rotatable bonds is 6. The maximum atomic E-state index is 13.5. The number of carboxylic acids is 1. The van der Waals surface area contributed by atoms with Crippen molar-refractivity contribution in [3.8, 4) is 22.8 Å². The van der Waals surface area contributed by atoms with Gasteiger partial charge in [-0.2, -0.15) is 0 Å². The van der Waals surface area contributed by atoms with Crippen LogP contribution in [0.5, 0.6) is 0 Å². The molecule has 1 aliphatic rings. The van der Waals surface area contributed by atoms with E-state index in [1.54, 1.807) is 0 Å². The Hall–Kier alpha value is -3.87. The number of furan rings is 1. The summed E-state index contributed by atoms with van der Waals surface area (Å²) in [4.78, 5) is 31.7. The van der Waals surface area contributed by atoms with E-state index in [1.165, 1.54) is 11.0 Å². The number of anilines is 1. The first kappa shape index (κ1) is 23.9. The van der Waals surface area contributed by atoms with Crippen molar-refractivity contribution in [2.24, 2.45) is 11.8 Å². The number of aromatic nitrogens is 1. The minimum absolute atomic E-state index is 0.0146. The molecule has 2 aromatic carbocycles. The Kier molecular flexibility index (Phi) is 6.39. The van der Waals surface area contributed by atoms with E-state index in [0.717, 1.165) is 36.8 Å². The highest BCUT2D eigenvalue weighted by molar-refractivity contribution is 6.02. The van der Waals surface area contributed by atoms with Gasteiger partial charge in [-0.05, 0) is 69.7 Å². The van der Waals surface area contributed by atoms with Gasteiger partial charge < -0.3 is 13.9 Å². The Morgan fingerprint density at radius 2 is 1.64 bits per heavy atom. The largest absolute Gasteiger partial charge is 0.477 e. The second-order valence-electron chi connectivity index (χ2n) is 9.96. The van der Waals surface area contributed by atoms with Gasteiger partial charge in [-0.1, -0.05) is 31.2 Å². The number of fused-ring (bicyclic) bond motifs is 1. The van der Waals surface area contributed by atoms with Crippen molar-refractivity contribution in [2.45, 2.75) is 52.5 Å². The van der Waals surface area contributed by atoms with Gasteiger partial charge in [0.1, 0.15) is 16.8 Å². The van der Waals surface area contributed by atoms with E-state index in [-0.39, 0.29) is 29.3 Å². The van der Waals surface area contributed by atoms with Gasteiger partial charge in [0.05, 0.1) is 0 Å². The van der Waals surface area contributed by atoms with Crippen LogP contribution in [0.1, 0.15) is 56.8 Å². The minimum atomic E-state index is -1.13. The molecule has 1 saturated carbocycles. The monoisotopic (exact) mass is 486 g/mol. The molecule has 0 bridgehead atoms. The predicted molar refractivity (Wildman–Crippen MR) is 138 cm³/mol. The second kappa shape index (κ2) is 9.64. The Labute approximate surface area is 209 Å². The van der Waals surface area contributed by atoms with Gasteiger partial charge >= 0.3 is 5.97 Å². The van der Waals surface area contributed by atoms with Crippen LogP contribution in [0.2, 0.25) is 0 Å². The predicted octanol–water partition coefficient (Wildman–Crippen LogP) is 7.02. The summed E-state index contributed by atoms with van der Waals surface area (Å²) in [6.45, 7) is 5.97. The number of carbonyl (C=O) groups is 2. The molecule has 5 rings (SSSR count). The molecule has 1 aliphatic carbocycles. The zero-order valence-corrected chi connectivity index (χ0v) is 20.7. The van der Waals surface area contributed by atoms with Crippen molar-refractivity contribution in [1.82, 2.24) is 4.98 Å². The standard InChI is InChI=1S/C29H30N2O5/c1-17(2)31(27(32)21-10-8-18(3)9-11-21)28-22(29(33)34)16-25(36-28)19-12-14-20(15-13-19)26-30-23-6-4-5-7-24(23)35-26/h4-7,12-18,21H,8-11H2,1-3H3,(H,33,34)/t18-,21-. The lowest BCUT2D eigenvalue weighted by Gasteiger charge is -2.32. The van der Waals surface area contributed by atoms with E-state index in [4.69, 9.17) is 8.83 Å². The van der Waals surface area contributed by atoms with Crippen molar-refractivity contribution < 1.29 is 23.5 Å². The highest BCUT2D eigenvalue weighted by atomic mass is 16.4. The second-order valence-corrected chi connectivity index (χ2v) is 9.96. The molecule has 2 aromatic heterocycles. The van der Waals surface area contributed by atoms with E-state index < -0.39 is 5.97 Å². The van der Waals surface area contributed by atoms with Crippen molar-refractivity contribution in [1.29, 1.82) is 0 Å². The van der Waals surface area contributed by atoms with Crippen LogP contribution in [0.15, 0.2) is 63.4 Å². The molecule has 2 heterocycles. The summed E-state index contributed by atoms with van der Waals surface area (Å²) in [6, 6.07) is 16.2. The number of aromatic carboxylic acids is 1. The first-order valence-corrected chi connectivity index (χ1v) is 12.5. The third-order valence-corrected chi connectivity index (χ3v) is 6.99. The van der Waals surface area contributed by atoms with E-state index >= 15 is 0 Å². The van der Waals surface area contributed by atoms with Crippen LogP contribution in [-0.2, 0) is 4.79 Å². The van der Waals surface area contributed by atoms with Crippen LogP contribution >= 0.6 is 0 Å². The third-order valence-electron chi connectivity index (χ3n) is 6.99. The molecule has 1 N–H and O–H groups in total.